The van der Waals surface area contributed by atoms with E-state index in [1.165, 1.54) is 33.5 Å². The van der Waals surface area contributed by atoms with Gasteiger partial charge in [0.15, 0.2) is 23.0 Å². The van der Waals surface area contributed by atoms with Gasteiger partial charge in [-0.05, 0) is 12.1 Å². The number of rotatable bonds is 5. The largest absolute Gasteiger partial charge is 0.493 e. The van der Waals surface area contributed by atoms with Gasteiger partial charge in [0.25, 0.3) is 5.91 Å². The predicted molar refractivity (Wildman–Crippen MR) is 95.9 cm³/mol. The van der Waals surface area contributed by atoms with Crippen LogP contribution in [-0.4, -0.2) is 45.9 Å². The molecule has 0 radical (unpaired) electrons. The van der Waals surface area contributed by atoms with E-state index in [1.54, 1.807) is 18.2 Å². The zero-order valence-corrected chi connectivity index (χ0v) is 15.1. The molecule has 1 aliphatic rings. The number of carbonyl (C=O) groups excluding carboxylic acids is 2. The van der Waals surface area contributed by atoms with Crippen LogP contribution in [0.4, 0.5) is 5.69 Å². The summed E-state index contributed by atoms with van der Waals surface area (Å²) in [5.74, 6) is 0.639. The minimum atomic E-state index is -0.876. The molecular weight excluding hydrogens is 354 g/mol. The number of amides is 1. The number of hydrogen-bond acceptors (Lipinski definition) is 7. The van der Waals surface area contributed by atoms with Crippen molar-refractivity contribution >= 4 is 17.6 Å². The Morgan fingerprint density at radius 1 is 1.04 bits per heavy atom. The van der Waals surface area contributed by atoms with Crippen LogP contribution in [0.25, 0.3) is 0 Å². The Hall–Kier alpha value is -3.42. The number of benzene rings is 2. The second-order valence-corrected chi connectivity index (χ2v) is 5.60. The van der Waals surface area contributed by atoms with Crippen LogP contribution in [0.3, 0.4) is 0 Å². The van der Waals surface area contributed by atoms with Gasteiger partial charge in [-0.25, -0.2) is 4.79 Å². The molecule has 0 fully saturated rings. The van der Waals surface area contributed by atoms with Crippen LogP contribution in [-0.2, 0) is 9.53 Å². The van der Waals surface area contributed by atoms with E-state index in [2.05, 4.69) is 5.32 Å². The molecule has 1 heterocycles. The van der Waals surface area contributed by atoms with E-state index in [0.717, 1.165) is 0 Å². The number of esters is 1. The van der Waals surface area contributed by atoms with Crippen LogP contribution in [0.2, 0.25) is 0 Å². The molecule has 0 bridgehead atoms. The van der Waals surface area contributed by atoms with E-state index in [0.29, 0.717) is 23.0 Å². The van der Waals surface area contributed by atoms with Gasteiger partial charge in [-0.15, -0.1) is 0 Å². The molecule has 0 aliphatic carbocycles. The van der Waals surface area contributed by atoms with Crippen molar-refractivity contribution in [1.82, 2.24) is 0 Å². The summed E-state index contributed by atoms with van der Waals surface area (Å²) < 4.78 is 26.5. The monoisotopic (exact) mass is 373 g/mol. The molecule has 0 spiro atoms. The number of fused-ring (bicyclic) bond motifs is 1. The molecule has 2 aromatic rings. The first-order valence-electron chi connectivity index (χ1n) is 8.11. The van der Waals surface area contributed by atoms with Gasteiger partial charge in [0, 0.05) is 12.1 Å². The second-order valence-electron chi connectivity index (χ2n) is 5.60. The highest BCUT2D eigenvalue weighted by molar-refractivity contribution is 6.03. The van der Waals surface area contributed by atoms with Crippen molar-refractivity contribution in [2.24, 2.45) is 0 Å². The maximum Gasteiger partial charge on any atom is 0.340 e. The van der Waals surface area contributed by atoms with Crippen LogP contribution >= 0.6 is 0 Å². The minimum absolute atomic E-state index is 0.0453. The molecule has 3 rings (SSSR count). The van der Waals surface area contributed by atoms with Crippen LogP contribution in [0, 0.1) is 0 Å². The van der Waals surface area contributed by atoms with Gasteiger partial charge in [0.2, 0.25) is 6.10 Å². The first kappa shape index (κ1) is 18.4. The van der Waals surface area contributed by atoms with Crippen molar-refractivity contribution < 1.29 is 33.3 Å². The summed E-state index contributed by atoms with van der Waals surface area (Å²) in [6.45, 7) is 0.0453. The van der Waals surface area contributed by atoms with Gasteiger partial charge >= 0.3 is 5.97 Å². The number of anilines is 1. The quantitative estimate of drug-likeness (QED) is 0.804. The predicted octanol–water partition coefficient (Wildman–Crippen LogP) is 2.27. The lowest BCUT2D eigenvalue weighted by atomic mass is 10.1. The fraction of sp³-hybridized carbons (Fsp3) is 0.263. The van der Waals surface area contributed by atoms with Gasteiger partial charge in [-0.1, -0.05) is 12.1 Å². The summed E-state index contributed by atoms with van der Waals surface area (Å²) in [6, 6.07) is 9.99. The van der Waals surface area contributed by atoms with Crippen molar-refractivity contribution in [2.45, 2.75) is 6.10 Å². The molecule has 0 saturated carbocycles. The molecule has 142 valence electrons. The summed E-state index contributed by atoms with van der Waals surface area (Å²) in [7, 11) is 4.15. The minimum Gasteiger partial charge on any atom is -0.493 e. The number of para-hydroxylation sites is 2. The lowest BCUT2D eigenvalue weighted by Crippen LogP contribution is -2.40. The Balaban J connectivity index is 1.86. The van der Waals surface area contributed by atoms with Gasteiger partial charge in [-0.3, -0.25) is 4.79 Å². The molecule has 0 aromatic heterocycles. The number of nitrogens with one attached hydrogen (secondary N) is 1. The number of hydrogen-bond donors (Lipinski definition) is 1. The molecule has 27 heavy (non-hydrogen) atoms. The van der Waals surface area contributed by atoms with E-state index in [9.17, 15) is 9.59 Å². The van der Waals surface area contributed by atoms with Gasteiger partial charge in [0.1, 0.15) is 6.61 Å². The van der Waals surface area contributed by atoms with E-state index in [-0.39, 0.29) is 17.9 Å². The normalized spacial score (nSPS) is 14.9. The molecule has 1 N–H and O–H groups in total. The Labute approximate surface area is 155 Å². The first-order valence-corrected chi connectivity index (χ1v) is 8.11. The Morgan fingerprint density at radius 3 is 2.37 bits per heavy atom. The molecule has 1 atom stereocenters. The number of carbonyl (C=O) groups is 2. The van der Waals surface area contributed by atoms with Crippen molar-refractivity contribution in [1.29, 1.82) is 0 Å². The highest BCUT2D eigenvalue weighted by Gasteiger charge is 2.29. The van der Waals surface area contributed by atoms with Gasteiger partial charge in [-0.2, -0.15) is 0 Å². The summed E-state index contributed by atoms with van der Waals surface area (Å²) in [6.07, 6.45) is -0.876. The molecule has 0 saturated heterocycles. The highest BCUT2D eigenvalue weighted by Crippen LogP contribution is 2.35. The van der Waals surface area contributed by atoms with Crippen molar-refractivity contribution in [2.75, 3.05) is 33.3 Å². The van der Waals surface area contributed by atoms with Crippen LogP contribution < -0.4 is 24.3 Å². The third-order valence-electron chi connectivity index (χ3n) is 3.99. The lowest BCUT2D eigenvalue weighted by molar-refractivity contribution is -0.125. The topological polar surface area (TPSA) is 92.3 Å². The second kappa shape index (κ2) is 7.86. The van der Waals surface area contributed by atoms with Crippen LogP contribution in [0.15, 0.2) is 36.4 Å². The summed E-state index contributed by atoms with van der Waals surface area (Å²) in [5.41, 5.74) is 0.340. The molecule has 1 aliphatic heterocycles. The summed E-state index contributed by atoms with van der Waals surface area (Å²) in [5, 5.41) is 2.67. The Morgan fingerprint density at radius 2 is 1.70 bits per heavy atom. The van der Waals surface area contributed by atoms with E-state index >= 15 is 0 Å². The van der Waals surface area contributed by atoms with E-state index in [4.69, 9.17) is 23.7 Å². The van der Waals surface area contributed by atoms with Gasteiger partial charge < -0.3 is 29.0 Å². The maximum atomic E-state index is 12.7. The molecular formula is C19H19NO7. The molecule has 2 aromatic carbocycles. The third-order valence-corrected chi connectivity index (χ3v) is 3.99. The van der Waals surface area contributed by atoms with E-state index < -0.39 is 18.0 Å². The molecule has 8 nitrogen and oxygen atoms in total. The fourth-order valence-electron chi connectivity index (χ4n) is 2.62. The lowest BCUT2D eigenvalue weighted by Gasteiger charge is -2.26. The number of ether oxygens (including phenoxy) is 5. The standard InChI is InChI=1S/C19H19NO7/c1-23-15-8-11(19(22)25-3)12(9-16(15)24-2)20-18(21)17-10-26-13-6-4-5-7-14(13)27-17/h4-9,17H,10H2,1-3H3,(H,20,21)/t17-/m0/s1. The zero-order valence-electron chi connectivity index (χ0n) is 15.1. The average molecular weight is 373 g/mol. The van der Waals surface area contributed by atoms with Crippen LogP contribution in [0.1, 0.15) is 10.4 Å². The van der Waals surface area contributed by atoms with Gasteiger partial charge in [0.05, 0.1) is 32.6 Å². The fourth-order valence-corrected chi connectivity index (χ4v) is 2.62. The third kappa shape index (κ3) is 3.74. The summed E-state index contributed by atoms with van der Waals surface area (Å²) >= 11 is 0. The average Bonchev–Trinajstić information content (AvgIpc) is 2.72. The Kier molecular flexibility index (Phi) is 5.35. The maximum absolute atomic E-state index is 12.7. The first-order chi connectivity index (χ1) is 13.1. The smallest absolute Gasteiger partial charge is 0.340 e. The zero-order chi connectivity index (χ0) is 19.4. The molecule has 0 unspecified atom stereocenters. The number of methoxy groups -OCH3 is 3. The van der Waals surface area contributed by atoms with Crippen molar-refractivity contribution in [3.63, 3.8) is 0 Å². The highest BCUT2D eigenvalue weighted by atomic mass is 16.6. The Bertz CT molecular complexity index is 865. The summed E-state index contributed by atoms with van der Waals surface area (Å²) in [4.78, 5) is 24.8. The van der Waals surface area contributed by atoms with Crippen molar-refractivity contribution in [3.8, 4) is 23.0 Å². The molecule has 1 amide bonds. The molecule has 8 heteroatoms. The van der Waals surface area contributed by atoms with E-state index in [1.807, 2.05) is 6.07 Å². The van der Waals surface area contributed by atoms with Crippen LogP contribution in [0.5, 0.6) is 23.0 Å². The van der Waals surface area contributed by atoms with Crippen molar-refractivity contribution in [3.05, 3.63) is 42.0 Å². The SMILES string of the molecule is COC(=O)c1cc(OC)c(OC)cc1NC(=O)[C@@H]1COc2ccccc2O1.